The molecule has 0 fully saturated rings. The number of hydrogen-bond donors (Lipinski definition) is 4. The van der Waals surface area contributed by atoms with Crippen LogP contribution < -0.4 is 9.47 Å². The highest BCUT2D eigenvalue weighted by molar-refractivity contribution is 5.85. The van der Waals surface area contributed by atoms with E-state index in [0.717, 1.165) is 6.08 Å². The summed E-state index contributed by atoms with van der Waals surface area (Å²) >= 11 is 0. The SMILES string of the molecule is O=C(O)C=Cc1ccc2c(c1)OC(c1ccc(O)c(O)c1)C(CO)O2. The molecule has 25 heavy (non-hydrogen) atoms. The maximum atomic E-state index is 10.6. The molecule has 1 aliphatic heterocycles. The van der Waals surface area contributed by atoms with Gasteiger partial charge in [-0.05, 0) is 35.9 Å². The summed E-state index contributed by atoms with van der Waals surface area (Å²) in [4.78, 5) is 10.6. The first-order valence-electron chi connectivity index (χ1n) is 7.49. The van der Waals surface area contributed by atoms with E-state index in [1.165, 1.54) is 18.2 Å². The largest absolute Gasteiger partial charge is 0.504 e. The number of carboxylic acids is 1. The molecule has 3 rings (SSSR count). The minimum atomic E-state index is -1.06. The van der Waals surface area contributed by atoms with E-state index in [1.54, 1.807) is 24.3 Å². The number of aliphatic hydroxyl groups is 1. The first kappa shape index (κ1) is 16.7. The Morgan fingerprint density at radius 2 is 1.84 bits per heavy atom. The molecule has 0 radical (unpaired) electrons. The van der Waals surface area contributed by atoms with Crippen LogP contribution in [0.5, 0.6) is 23.0 Å². The van der Waals surface area contributed by atoms with E-state index in [1.807, 2.05) is 0 Å². The lowest BCUT2D eigenvalue weighted by atomic mass is 10.0. The number of carboxylic acid groups (broad SMARTS) is 1. The lowest BCUT2D eigenvalue weighted by Crippen LogP contribution is -2.36. The van der Waals surface area contributed by atoms with Crippen LogP contribution >= 0.6 is 0 Å². The van der Waals surface area contributed by atoms with Crippen LogP contribution in [0.25, 0.3) is 6.08 Å². The van der Waals surface area contributed by atoms with Crippen molar-refractivity contribution in [3.63, 3.8) is 0 Å². The summed E-state index contributed by atoms with van der Waals surface area (Å²) in [6, 6.07) is 9.14. The van der Waals surface area contributed by atoms with Crippen molar-refractivity contribution in [3.05, 3.63) is 53.6 Å². The standard InChI is InChI=1S/C18H16O7/c19-9-16-18(11-3-4-12(20)13(21)8-11)25-15-7-10(2-6-17(22)23)1-5-14(15)24-16/h1-8,16,18-21H,9H2,(H,22,23). The quantitative estimate of drug-likeness (QED) is 0.495. The minimum Gasteiger partial charge on any atom is -0.504 e. The molecule has 2 aromatic rings. The average molecular weight is 344 g/mol. The highest BCUT2D eigenvalue weighted by atomic mass is 16.6. The summed E-state index contributed by atoms with van der Waals surface area (Å²) in [6.45, 7) is -0.313. The monoisotopic (exact) mass is 344 g/mol. The van der Waals surface area contributed by atoms with Crippen molar-refractivity contribution in [2.45, 2.75) is 12.2 Å². The van der Waals surface area contributed by atoms with Crippen molar-refractivity contribution in [1.29, 1.82) is 0 Å². The van der Waals surface area contributed by atoms with Crippen molar-refractivity contribution in [3.8, 4) is 23.0 Å². The Kier molecular flexibility index (Phi) is 4.49. The number of hydrogen-bond acceptors (Lipinski definition) is 6. The van der Waals surface area contributed by atoms with Crippen LogP contribution in [0.15, 0.2) is 42.5 Å². The number of fused-ring (bicyclic) bond motifs is 1. The van der Waals surface area contributed by atoms with Gasteiger partial charge in [0, 0.05) is 11.6 Å². The summed E-state index contributed by atoms with van der Waals surface area (Å²) in [7, 11) is 0. The van der Waals surface area contributed by atoms with E-state index in [9.17, 15) is 20.1 Å². The third kappa shape index (κ3) is 3.51. The molecule has 0 saturated carbocycles. The lowest BCUT2D eigenvalue weighted by Gasteiger charge is -2.33. The van der Waals surface area contributed by atoms with Crippen molar-refractivity contribution in [1.82, 2.24) is 0 Å². The summed E-state index contributed by atoms with van der Waals surface area (Å²) in [5, 5.41) is 37.4. The molecule has 2 unspecified atom stereocenters. The van der Waals surface area contributed by atoms with Crippen LogP contribution in [0.1, 0.15) is 17.2 Å². The van der Waals surface area contributed by atoms with Gasteiger partial charge >= 0.3 is 5.97 Å². The Labute approximate surface area is 143 Å². The molecule has 0 aromatic heterocycles. The Hall–Kier alpha value is -3.19. The zero-order chi connectivity index (χ0) is 18.0. The maximum absolute atomic E-state index is 10.6. The number of benzene rings is 2. The fourth-order valence-electron chi connectivity index (χ4n) is 2.56. The van der Waals surface area contributed by atoms with Gasteiger partial charge in [0.05, 0.1) is 6.61 Å². The normalized spacial score (nSPS) is 19.1. The second-order valence-corrected chi connectivity index (χ2v) is 5.50. The van der Waals surface area contributed by atoms with Gasteiger partial charge in [-0.3, -0.25) is 0 Å². The minimum absolute atomic E-state index is 0.262. The predicted molar refractivity (Wildman–Crippen MR) is 87.8 cm³/mol. The molecule has 130 valence electrons. The third-order valence-electron chi connectivity index (χ3n) is 3.76. The second kappa shape index (κ2) is 6.74. The molecular formula is C18H16O7. The number of rotatable bonds is 4. The van der Waals surface area contributed by atoms with Gasteiger partial charge in [-0.2, -0.15) is 0 Å². The summed E-state index contributed by atoms with van der Waals surface area (Å²) in [5.74, 6) is -0.822. The zero-order valence-electron chi connectivity index (χ0n) is 13.0. The average Bonchev–Trinajstić information content (AvgIpc) is 2.61. The fraction of sp³-hybridized carbons (Fsp3) is 0.167. The zero-order valence-corrected chi connectivity index (χ0v) is 13.0. The molecule has 0 bridgehead atoms. The van der Waals surface area contributed by atoms with E-state index >= 15 is 0 Å². The Balaban J connectivity index is 1.94. The van der Waals surface area contributed by atoms with E-state index in [-0.39, 0.29) is 18.1 Å². The van der Waals surface area contributed by atoms with Crippen LogP contribution in [-0.4, -0.2) is 39.1 Å². The second-order valence-electron chi connectivity index (χ2n) is 5.50. The van der Waals surface area contributed by atoms with Crippen LogP contribution in [0.3, 0.4) is 0 Å². The Morgan fingerprint density at radius 3 is 2.52 bits per heavy atom. The number of phenols is 2. The Morgan fingerprint density at radius 1 is 1.04 bits per heavy atom. The van der Waals surface area contributed by atoms with Gasteiger partial charge in [0.2, 0.25) is 0 Å². The number of carbonyl (C=O) groups is 1. The van der Waals surface area contributed by atoms with Gasteiger partial charge in [-0.25, -0.2) is 4.79 Å². The van der Waals surface area contributed by atoms with Crippen LogP contribution in [0.2, 0.25) is 0 Å². The topological polar surface area (TPSA) is 116 Å². The van der Waals surface area contributed by atoms with Crippen molar-refractivity contribution < 1.29 is 34.7 Å². The third-order valence-corrected chi connectivity index (χ3v) is 3.76. The molecule has 2 atom stereocenters. The molecule has 7 nitrogen and oxygen atoms in total. The van der Waals surface area contributed by atoms with Crippen molar-refractivity contribution >= 4 is 12.0 Å². The van der Waals surface area contributed by atoms with Crippen molar-refractivity contribution in [2.24, 2.45) is 0 Å². The van der Waals surface area contributed by atoms with E-state index in [4.69, 9.17) is 14.6 Å². The smallest absolute Gasteiger partial charge is 0.328 e. The molecule has 1 aliphatic rings. The first-order valence-corrected chi connectivity index (χ1v) is 7.49. The van der Waals surface area contributed by atoms with Gasteiger partial charge in [0.1, 0.15) is 0 Å². The first-order chi connectivity index (χ1) is 12.0. The lowest BCUT2D eigenvalue weighted by molar-refractivity contribution is -0.131. The number of ether oxygens (including phenoxy) is 2. The number of aromatic hydroxyl groups is 2. The van der Waals surface area contributed by atoms with Crippen molar-refractivity contribution in [2.75, 3.05) is 6.61 Å². The summed E-state index contributed by atoms with van der Waals surface area (Å²) in [6.07, 6.45) is 1.03. The molecule has 7 heteroatoms. The highest BCUT2D eigenvalue weighted by Gasteiger charge is 2.33. The molecule has 0 amide bonds. The number of aliphatic carboxylic acids is 1. The van der Waals surface area contributed by atoms with Crippen LogP contribution in [-0.2, 0) is 4.79 Å². The molecular weight excluding hydrogens is 328 g/mol. The van der Waals surface area contributed by atoms with Crippen LogP contribution in [0.4, 0.5) is 0 Å². The molecule has 0 saturated heterocycles. The number of phenolic OH excluding ortho intramolecular Hbond substituents is 2. The molecule has 0 aliphatic carbocycles. The molecule has 0 spiro atoms. The van der Waals surface area contributed by atoms with Gasteiger partial charge < -0.3 is 29.9 Å². The summed E-state index contributed by atoms with van der Waals surface area (Å²) in [5.41, 5.74) is 1.13. The highest BCUT2D eigenvalue weighted by Crippen LogP contribution is 2.41. The van der Waals surface area contributed by atoms with E-state index < -0.39 is 18.2 Å². The van der Waals surface area contributed by atoms with Gasteiger partial charge in [-0.1, -0.05) is 12.1 Å². The molecule has 4 N–H and O–H groups in total. The Bertz CT molecular complexity index is 828. The maximum Gasteiger partial charge on any atom is 0.328 e. The molecule has 1 heterocycles. The fourth-order valence-corrected chi connectivity index (χ4v) is 2.56. The predicted octanol–water partition coefficient (Wildman–Crippen LogP) is 2.07. The van der Waals surface area contributed by atoms with E-state index in [0.29, 0.717) is 22.6 Å². The van der Waals surface area contributed by atoms with Crippen LogP contribution in [0, 0.1) is 0 Å². The molecule has 2 aromatic carbocycles. The number of aliphatic hydroxyl groups excluding tert-OH is 1. The van der Waals surface area contributed by atoms with Gasteiger partial charge in [0.15, 0.2) is 35.2 Å². The van der Waals surface area contributed by atoms with E-state index in [2.05, 4.69) is 0 Å². The van der Waals surface area contributed by atoms with Gasteiger partial charge in [0.25, 0.3) is 0 Å². The summed E-state index contributed by atoms with van der Waals surface area (Å²) < 4.78 is 11.6. The van der Waals surface area contributed by atoms with Gasteiger partial charge in [-0.15, -0.1) is 0 Å².